The molecule has 0 aromatic heterocycles. The molecule has 4 rings (SSSR count). The Kier molecular flexibility index (Phi) is 3.52. The lowest BCUT2D eigenvalue weighted by atomic mass is 9.66. The second-order valence-electron chi connectivity index (χ2n) is 7.87. The van der Waals surface area contributed by atoms with Gasteiger partial charge in [0, 0.05) is 17.6 Å². The van der Waals surface area contributed by atoms with Crippen molar-refractivity contribution < 1.29 is 27.8 Å². The van der Waals surface area contributed by atoms with Crippen molar-refractivity contribution in [3.63, 3.8) is 0 Å². The zero-order valence-corrected chi connectivity index (χ0v) is 14.6. The van der Waals surface area contributed by atoms with Crippen molar-refractivity contribution in [2.45, 2.75) is 49.9 Å². The molecule has 0 spiro atoms. The summed E-state index contributed by atoms with van der Waals surface area (Å²) in [4.78, 5) is 14.0. The summed E-state index contributed by atoms with van der Waals surface area (Å²) in [5.41, 5.74) is 2.55. The Balaban J connectivity index is 1.80. The maximum Gasteiger partial charge on any atom is 0.417 e. The third kappa shape index (κ3) is 2.21. The average Bonchev–Trinajstić information content (AvgIpc) is 3.07. The number of aliphatic hydroxyl groups excluding tert-OH is 1. The minimum Gasteiger partial charge on any atom is -0.373 e. The van der Waals surface area contributed by atoms with Gasteiger partial charge in [-0.2, -0.15) is 18.4 Å². The molecule has 0 aliphatic carbocycles. The summed E-state index contributed by atoms with van der Waals surface area (Å²) in [5.74, 6) is -1.84. The van der Waals surface area contributed by atoms with Crippen molar-refractivity contribution in [1.82, 2.24) is 0 Å². The highest BCUT2D eigenvalue weighted by atomic mass is 19.4. The number of anilines is 1. The van der Waals surface area contributed by atoms with Gasteiger partial charge in [-0.15, -0.1) is 0 Å². The Labute approximate surface area is 153 Å². The van der Waals surface area contributed by atoms with Crippen LogP contribution < -0.4 is 10.6 Å². The molecule has 1 aromatic carbocycles. The number of amides is 1. The number of nitrogens with two attached hydrogens (primary N) is 1. The largest absolute Gasteiger partial charge is 0.417 e. The summed E-state index contributed by atoms with van der Waals surface area (Å²) in [6, 6.07) is 4.09. The van der Waals surface area contributed by atoms with E-state index in [2.05, 4.69) is 0 Å². The van der Waals surface area contributed by atoms with Gasteiger partial charge >= 0.3 is 6.18 Å². The number of ether oxygens (including phenoxy) is 1. The van der Waals surface area contributed by atoms with E-state index in [9.17, 15) is 23.1 Å². The Bertz CT molecular complexity index is 883. The standard InChI is InChI=1S/C18H18F3N3O3/c1-16-6-11(23)17(2,27-16)13-12(16)14(25)24(15(13)26)9-4-3-8(7-22)10(5-9)18(19,20)21/h3-5,11-13,15,26H,6,23H2,1-2H3/t11-,12?,13?,15?,16-,17+/m0/s1. The molecule has 0 saturated carbocycles. The normalized spacial score (nSPS) is 40.4. The molecule has 3 N–H and O–H groups in total. The van der Waals surface area contributed by atoms with Crippen LogP contribution in [0.4, 0.5) is 18.9 Å². The highest BCUT2D eigenvalue weighted by Crippen LogP contribution is 2.61. The first-order chi connectivity index (χ1) is 12.4. The molecule has 3 aliphatic heterocycles. The van der Waals surface area contributed by atoms with Crippen LogP contribution in [0.15, 0.2) is 18.2 Å². The van der Waals surface area contributed by atoms with E-state index in [1.807, 2.05) is 0 Å². The van der Waals surface area contributed by atoms with Gasteiger partial charge in [-0.1, -0.05) is 0 Å². The SMILES string of the molecule is C[C@@]12O[C@@](C)(C[C@@H]1N)C1C(=O)N(c3ccc(C#N)c(C(F)(F)F)c3)C(O)C12. The van der Waals surface area contributed by atoms with E-state index in [4.69, 9.17) is 15.7 Å². The summed E-state index contributed by atoms with van der Waals surface area (Å²) < 4.78 is 45.9. The van der Waals surface area contributed by atoms with E-state index in [1.54, 1.807) is 13.8 Å². The van der Waals surface area contributed by atoms with Gasteiger partial charge in [0.15, 0.2) is 0 Å². The van der Waals surface area contributed by atoms with Crippen molar-refractivity contribution in [3.05, 3.63) is 29.3 Å². The van der Waals surface area contributed by atoms with Crippen molar-refractivity contribution >= 4 is 11.6 Å². The summed E-state index contributed by atoms with van der Waals surface area (Å²) in [7, 11) is 0. The maximum absolute atomic E-state index is 13.3. The molecule has 9 heteroatoms. The first-order valence-corrected chi connectivity index (χ1v) is 8.52. The molecule has 3 aliphatic rings. The molecule has 6 nitrogen and oxygen atoms in total. The number of hydrogen-bond acceptors (Lipinski definition) is 5. The van der Waals surface area contributed by atoms with Gasteiger partial charge < -0.3 is 15.6 Å². The average molecular weight is 381 g/mol. The van der Waals surface area contributed by atoms with Gasteiger partial charge in [-0.05, 0) is 38.5 Å². The molecular formula is C18H18F3N3O3. The molecule has 2 bridgehead atoms. The van der Waals surface area contributed by atoms with Gasteiger partial charge in [0.25, 0.3) is 0 Å². The highest BCUT2D eigenvalue weighted by molar-refractivity contribution is 5.99. The molecule has 1 amide bonds. The Hall–Kier alpha value is -2.15. The number of fused-ring (bicyclic) bond motifs is 5. The molecule has 6 atom stereocenters. The monoisotopic (exact) mass is 381 g/mol. The molecule has 3 unspecified atom stereocenters. The van der Waals surface area contributed by atoms with Crippen LogP contribution in [-0.2, 0) is 15.7 Å². The predicted octanol–water partition coefficient (Wildman–Crippen LogP) is 1.75. The second-order valence-corrected chi connectivity index (χ2v) is 7.87. The minimum atomic E-state index is -4.76. The van der Waals surface area contributed by atoms with E-state index in [0.717, 1.165) is 17.0 Å². The molecule has 3 heterocycles. The minimum absolute atomic E-state index is 0.103. The fourth-order valence-corrected chi connectivity index (χ4v) is 5.09. The number of hydrogen-bond donors (Lipinski definition) is 2. The van der Waals surface area contributed by atoms with Gasteiger partial charge in [-0.25, -0.2) is 0 Å². The Morgan fingerprint density at radius 1 is 1.41 bits per heavy atom. The van der Waals surface area contributed by atoms with Gasteiger partial charge in [0.2, 0.25) is 5.91 Å². The predicted molar refractivity (Wildman–Crippen MR) is 87.1 cm³/mol. The molecule has 3 fully saturated rings. The first kappa shape index (κ1) is 18.2. The van der Waals surface area contributed by atoms with E-state index in [1.165, 1.54) is 12.1 Å². The first-order valence-electron chi connectivity index (χ1n) is 8.52. The van der Waals surface area contributed by atoms with Crippen LogP contribution in [0.2, 0.25) is 0 Å². The number of carbonyl (C=O) groups is 1. The second kappa shape index (κ2) is 5.22. The quantitative estimate of drug-likeness (QED) is 0.772. The molecule has 144 valence electrons. The number of nitriles is 1. The van der Waals surface area contributed by atoms with Crippen LogP contribution in [0, 0.1) is 23.2 Å². The van der Waals surface area contributed by atoms with Crippen LogP contribution in [0.1, 0.15) is 31.4 Å². The van der Waals surface area contributed by atoms with Crippen molar-refractivity contribution in [2.24, 2.45) is 17.6 Å². The molecule has 27 heavy (non-hydrogen) atoms. The van der Waals surface area contributed by atoms with Crippen molar-refractivity contribution in [3.8, 4) is 6.07 Å². The highest BCUT2D eigenvalue weighted by Gasteiger charge is 2.74. The number of aliphatic hydroxyl groups is 1. The number of rotatable bonds is 1. The topological polar surface area (TPSA) is 99.6 Å². The molecular weight excluding hydrogens is 363 g/mol. The van der Waals surface area contributed by atoms with Crippen molar-refractivity contribution in [2.75, 3.05) is 4.90 Å². The fraction of sp³-hybridized carbons (Fsp3) is 0.556. The van der Waals surface area contributed by atoms with E-state index in [-0.39, 0.29) is 5.69 Å². The summed E-state index contributed by atoms with van der Waals surface area (Å²) in [6.07, 6.45) is -5.69. The molecule has 3 saturated heterocycles. The van der Waals surface area contributed by atoms with Gasteiger partial charge in [0.1, 0.15) is 6.23 Å². The maximum atomic E-state index is 13.3. The Morgan fingerprint density at radius 3 is 2.67 bits per heavy atom. The van der Waals surface area contributed by atoms with E-state index >= 15 is 0 Å². The van der Waals surface area contributed by atoms with E-state index in [0.29, 0.717) is 6.42 Å². The summed E-state index contributed by atoms with van der Waals surface area (Å²) >= 11 is 0. The van der Waals surface area contributed by atoms with Gasteiger partial charge in [-0.3, -0.25) is 9.69 Å². The third-order valence-corrected chi connectivity index (χ3v) is 6.29. The summed E-state index contributed by atoms with van der Waals surface area (Å²) in [5, 5.41) is 19.8. The lowest BCUT2D eigenvalue weighted by Gasteiger charge is -2.36. The van der Waals surface area contributed by atoms with Crippen LogP contribution in [-0.4, -0.2) is 34.5 Å². The lowest BCUT2D eigenvalue weighted by Crippen LogP contribution is -2.54. The zero-order valence-electron chi connectivity index (χ0n) is 14.6. The number of nitrogens with zero attached hydrogens (tertiary/aromatic N) is 2. The zero-order chi connectivity index (χ0) is 19.9. The van der Waals surface area contributed by atoms with Crippen LogP contribution in [0.5, 0.6) is 0 Å². The molecule has 1 aromatic rings. The number of alkyl halides is 3. The fourth-order valence-electron chi connectivity index (χ4n) is 5.09. The number of halogens is 3. The summed E-state index contributed by atoms with van der Waals surface area (Å²) in [6.45, 7) is 3.48. The van der Waals surface area contributed by atoms with Crippen LogP contribution in [0.25, 0.3) is 0 Å². The Morgan fingerprint density at radius 2 is 2.07 bits per heavy atom. The van der Waals surface area contributed by atoms with Crippen LogP contribution in [0.3, 0.4) is 0 Å². The third-order valence-electron chi connectivity index (χ3n) is 6.29. The van der Waals surface area contributed by atoms with Crippen molar-refractivity contribution in [1.29, 1.82) is 5.26 Å². The lowest BCUT2D eigenvalue weighted by molar-refractivity contribution is -0.138. The smallest absolute Gasteiger partial charge is 0.373 e. The van der Waals surface area contributed by atoms with E-state index < -0.39 is 58.5 Å². The molecule has 0 radical (unpaired) electrons. The van der Waals surface area contributed by atoms with Crippen LogP contribution >= 0.6 is 0 Å². The number of benzene rings is 1. The number of carbonyl (C=O) groups excluding carboxylic acids is 1. The van der Waals surface area contributed by atoms with Gasteiger partial charge in [0.05, 0.1) is 34.3 Å².